The second-order valence-corrected chi connectivity index (χ2v) is 3.95. The standard InChI is InChI=1S/C13H11F3N2O/c14-13(15,16)11-4-2-1-3-10(11)12(19)18-8-9-5-6-17-7-9/h1-7,17H,8H2,(H,18,19). The minimum Gasteiger partial charge on any atom is -0.367 e. The lowest BCUT2D eigenvalue weighted by atomic mass is 10.1. The van der Waals surface area contributed by atoms with Crippen LogP contribution in [0.25, 0.3) is 0 Å². The third kappa shape index (κ3) is 3.15. The molecule has 2 N–H and O–H groups in total. The fourth-order valence-electron chi connectivity index (χ4n) is 1.67. The van der Waals surface area contributed by atoms with Crippen LogP contribution in [-0.2, 0) is 12.7 Å². The predicted molar refractivity (Wildman–Crippen MR) is 63.4 cm³/mol. The van der Waals surface area contributed by atoms with Gasteiger partial charge in [0, 0.05) is 18.9 Å². The zero-order valence-corrected chi connectivity index (χ0v) is 9.79. The smallest absolute Gasteiger partial charge is 0.367 e. The normalized spacial score (nSPS) is 11.3. The molecule has 3 nitrogen and oxygen atoms in total. The van der Waals surface area contributed by atoms with Crippen molar-refractivity contribution in [1.82, 2.24) is 10.3 Å². The third-order valence-electron chi connectivity index (χ3n) is 2.59. The summed E-state index contributed by atoms with van der Waals surface area (Å²) in [6, 6.07) is 6.45. The fourth-order valence-corrected chi connectivity index (χ4v) is 1.67. The molecular weight excluding hydrogens is 257 g/mol. The Hall–Kier alpha value is -2.24. The van der Waals surface area contributed by atoms with Gasteiger partial charge in [0.15, 0.2) is 0 Å². The predicted octanol–water partition coefficient (Wildman–Crippen LogP) is 2.96. The van der Waals surface area contributed by atoms with Crippen molar-refractivity contribution in [2.75, 3.05) is 0 Å². The van der Waals surface area contributed by atoms with Crippen LogP contribution in [0.3, 0.4) is 0 Å². The van der Waals surface area contributed by atoms with Gasteiger partial charge in [-0.25, -0.2) is 0 Å². The maximum atomic E-state index is 12.7. The summed E-state index contributed by atoms with van der Waals surface area (Å²) < 4.78 is 38.2. The zero-order valence-electron chi connectivity index (χ0n) is 9.79. The van der Waals surface area contributed by atoms with Crippen molar-refractivity contribution >= 4 is 5.91 Å². The highest BCUT2D eigenvalue weighted by Crippen LogP contribution is 2.31. The van der Waals surface area contributed by atoms with E-state index in [1.54, 1.807) is 18.5 Å². The number of carbonyl (C=O) groups is 1. The van der Waals surface area contributed by atoms with E-state index in [-0.39, 0.29) is 12.1 Å². The molecule has 0 spiro atoms. The molecule has 0 bridgehead atoms. The molecule has 0 atom stereocenters. The molecular formula is C13H11F3N2O. The summed E-state index contributed by atoms with van der Waals surface area (Å²) >= 11 is 0. The molecule has 0 fully saturated rings. The van der Waals surface area contributed by atoms with Gasteiger partial charge in [0.05, 0.1) is 11.1 Å². The van der Waals surface area contributed by atoms with E-state index < -0.39 is 17.6 Å². The van der Waals surface area contributed by atoms with Gasteiger partial charge in [-0.3, -0.25) is 4.79 Å². The summed E-state index contributed by atoms with van der Waals surface area (Å²) in [5.41, 5.74) is -0.509. The molecule has 0 unspecified atom stereocenters. The van der Waals surface area contributed by atoms with Crippen molar-refractivity contribution in [3.63, 3.8) is 0 Å². The van der Waals surface area contributed by atoms with Crippen LogP contribution in [0.2, 0.25) is 0 Å². The maximum absolute atomic E-state index is 12.7. The number of H-pyrrole nitrogens is 1. The van der Waals surface area contributed by atoms with Crippen molar-refractivity contribution in [2.45, 2.75) is 12.7 Å². The average Bonchev–Trinajstić information content (AvgIpc) is 2.88. The van der Waals surface area contributed by atoms with Gasteiger partial charge in [-0.15, -0.1) is 0 Å². The molecule has 0 aliphatic heterocycles. The van der Waals surface area contributed by atoms with Gasteiger partial charge in [0.2, 0.25) is 0 Å². The Bertz CT molecular complexity index is 562. The largest absolute Gasteiger partial charge is 0.417 e. The van der Waals surface area contributed by atoms with Crippen molar-refractivity contribution in [3.05, 3.63) is 59.4 Å². The molecule has 1 aromatic carbocycles. The van der Waals surface area contributed by atoms with Gasteiger partial charge in [-0.2, -0.15) is 13.2 Å². The third-order valence-corrected chi connectivity index (χ3v) is 2.59. The number of alkyl halides is 3. The molecule has 0 saturated heterocycles. The Morgan fingerprint density at radius 3 is 2.58 bits per heavy atom. The number of benzene rings is 1. The lowest BCUT2D eigenvalue weighted by Crippen LogP contribution is -2.25. The highest BCUT2D eigenvalue weighted by Gasteiger charge is 2.34. The number of amides is 1. The number of rotatable bonds is 3. The van der Waals surface area contributed by atoms with E-state index in [1.165, 1.54) is 12.1 Å². The molecule has 100 valence electrons. The SMILES string of the molecule is O=C(NCc1cc[nH]c1)c1ccccc1C(F)(F)F. The van der Waals surface area contributed by atoms with Crippen LogP contribution in [0, 0.1) is 0 Å². The average molecular weight is 268 g/mol. The van der Waals surface area contributed by atoms with Gasteiger partial charge < -0.3 is 10.3 Å². The topological polar surface area (TPSA) is 44.9 Å². The van der Waals surface area contributed by atoms with E-state index in [0.717, 1.165) is 17.7 Å². The molecule has 1 aromatic heterocycles. The summed E-state index contributed by atoms with van der Waals surface area (Å²) in [7, 11) is 0. The number of hydrogen-bond acceptors (Lipinski definition) is 1. The Morgan fingerprint density at radius 1 is 1.21 bits per heavy atom. The first-order valence-corrected chi connectivity index (χ1v) is 5.54. The van der Waals surface area contributed by atoms with Crippen molar-refractivity contribution in [3.8, 4) is 0 Å². The molecule has 0 radical (unpaired) electrons. The van der Waals surface area contributed by atoms with E-state index in [9.17, 15) is 18.0 Å². The molecule has 1 heterocycles. The number of carbonyl (C=O) groups excluding carboxylic acids is 1. The van der Waals surface area contributed by atoms with Crippen LogP contribution >= 0.6 is 0 Å². The van der Waals surface area contributed by atoms with Crippen LogP contribution < -0.4 is 5.32 Å². The lowest BCUT2D eigenvalue weighted by Gasteiger charge is -2.12. The van der Waals surface area contributed by atoms with Crippen LogP contribution in [0.5, 0.6) is 0 Å². The first kappa shape index (κ1) is 13.2. The minimum atomic E-state index is -4.54. The second kappa shape index (κ2) is 5.17. The summed E-state index contributed by atoms with van der Waals surface area (Å²) in [6.07, 6.45) is -1.21. The molecule has 6 heteroatoms. The van der Waals surface area contributed by atoms with Crippen LogP contribution in [0.4, 0.5) is 13.2 Å². The van der Waals surface area contributed by atoms with Crippen molar-refractivity contribution in [1.29, 1.82) is 0 Å². The molecule has 0 aliphatic carbocycles. The Morgan fingerprint density at radius 2 is 1.95 bits per heavy atom. The summed E-state index contributed by atoms with van der Waals surface area (Å²) in [5.74, 6) is -0.742. The fraction of sp³-hybridized carbons (Fsp3) is 0.154. The van der Waals surface area contributed by atoms with E-state index in [0.29, 0.717) is 0 Å². The maximum Gasteiger partial charge on any atom is 0.417 e. The number of halogens is 3. The van der Waals surface area contributed by atoms with Crippen LogP contribution in [0.15, 0.2) is 42.7 Å². The number of aromatic amines is 1. The van der Waals surface area contributed by atoms with Crippen molar-refractivity contribution < 1.29 is 18.0 Å². The number of aromatic nitrogens is 1. The summed E-state index contributed by atoms with van der Waals surface area (Å²) in [4.78, 5) is 14.6. The van der Waals surface area contributed by atoms with Gasteiger partial charge in [-0.05, 0) is 23.8 Å². The highest BCUT2D eigenvalue weighted by molar-refractivity contribution is 5.95. The Balaban J connectivity index is 2.15. The summed E-state index contributed by atoms with van der Waals surface area (Å²) in [5, 5.41) is 2.45. The van der Waals surface area contributed by atoms with E-state index in [4.69, 9.17) is 0 Å². The molecule has 19 heavy (non-hydrogen) atoms. The molecule has 1 amide bonds. The van der Waals surface area contributed by atoms with Crippen LogP contribution in [-0.4, -0.2) is 10.9 Å². The van der Waals surface area contributed by atoms with Crippen molar-refractivity contribution in [2.24, 2.45) is 0 Å². The minimum absolute atomic E-state index is 0.175. The Kier molecular flexibility index (Phi) is 3.59. The number of nitrogens with one attached hydrogen (secondary N) is 2. The van der Waals surface area contributed by atoms with Gasteiger partial charge >= 0.3 is 6.18 Å². The number of hydrogen-bond donors (Lipinski definition) is 2. The molecule has 0 saturated carbocycles. The monoisotopic (exact) mass is 268 g/mol. The highest BCUT2D eigenvalue weighted by atomic mass is 19.4. The zero-order chi connectivity index (χ0) is 13.9. The summed E-state index contributed by atoms with van der Waals surface area (Å²) in [6.45, 7) is 0.175. The molecule has 2 rings (SSSR count). The van der Waals surface area contributed by atoms with Gasteiger partial charge in [0.25, 0.3) is 5.91 Å². The van der Waals surface area contributed by atoms with E-state index in [1.807, 2.05) is 0 Å². The first-order valence-electron chi connectivity index (χ1n) is 5.54. The van der Waals surface area contributed by atoms with E-state index in [2.05, 4.69) is 10.3 Å². The first-order chi connectivity index (χ1) is 8.98. The van der Waals surface area contributed by atoms with E-state index >= 15 is 0 Å². The molecule has 2 aromatic rings. The van der Waals surface area contributed by atoms with Crippen LogP contribution in [0.1, 0.15) is 21.5 Å². The lowest BCUT2D eigenvalue weighted by molar-refractivity contribution is -0.137. The molecule has 0 aliphatic rings. The Labute approximate surface area is 107 Å². The van der Waals surface area contributed by atoms with Gasteiger partial charge in [0.1, 0.15) is 0 Å². The second-order valence-electron chi connectivity index (χ2n) is 3.95. The van der Waals surface area contributed by atoms with Gasteiger partial charge in [-0.1, -0.05) is 12.1 Å². The quantitative estimate of drug-likeness (QED) is 0.883.